The predicted molar refractivity (Wildman–Crippen MR) is 85.3 cm³/mol. The van der Waals surface area contributed by atoms with Gasteiger partial charge < -0.3 is 9.64 Å². The first-order valence-corrected chi connectivity index (χ1v) is 7.48. The minimum atomic E-state index is -0.0740. The Bertz CT molecular complexity index is 631. The maximum Gasteiger partial charge on any atom is 0.255 e. The number of carbonyl (C=O) groups is 1. The third-order valence-electron chi connectivity index (χ3n) is 2.98. The van der Waals surface area contributed by atoms with E-state index in [1.807, 2.05) is 31.2 Å². The molecule has 1 heterocycles. The second-order valence-corrected chi connectivity index (χ2v) is 5.51. The fourth-order valence-corrected chi connectivity index (χ4v) is 2.37. The summed E-state index contributed by atoms with van der Waals surface area (Å²) in [5.41, 5.74) is 1.54. The minimum absolute atomic E-state index is 0.0740. The monoisotopic (exact) mass is 348 g/mol. The van der Waals surface area contributed by atoms with Crippen molar-refractivity contribution in [1.82, 2.24) is 9.88 Å². The summed E-state index contributed by atoms with van der Waals surface area (Å²) in [7, 11) is 1.77. The van der Waals surface area contributed by atoms with Crippen LogP contribution < -0.4 is 4.74 Å². The number of aromatic nitrogens is 1. The van der Waals surface area contributed by atoms with Gasteiger partial charge in [-0.2, -0.15) is 0 Å². The van der Waals surface area contributed by atoms with Gasteiger partial charge in [0.15, 0.2) is 0 Å². The van der Waals surface area contributed by atoms with Crippen LogP contribution in [-0.2, 0) is 6.54 Å². The minimum Gasteiger partial charge on any atom is -0.494 e. The first kappa shape index (κ1) is 15.5. The van der Waals surface area contributed by atoms with Crippen LogP contribution in [0.2, 0.25) is 0 Å². The number of hydrogen-bond acceptors (Lipinski definition) is 3. The summed E-state index contributed by atoms with van der Waals surface area (Å²) in [5, 5.41) is 0. The number of benzene rings is 1. The van der Waals surface area contributed by atoms with Gasteiger partial charge in [0, 0.05) is 36.0 Å². The molecule has 0 saturated carbocycles. The molecule has 1 aromatic heterocycles. The zero-order valence-corrected chi connectivity index (χ0v) is 13.6. The molecule has 1 amide bonds. The molecule has 0 bridgehead atoms. The maximum absolute atomic E-state index is 12.4. The topological polar surface area (TPSA) is 42.4 Å². The normalized spacial score (nSPS) is 10.2. The number of pyridine rings is 1. The molecule has 0 aliphatic carbocycles. The van der Waals surface area contributed by atoms with Gasteiger partial charge in [-0.05, 0) is 35.0 Å². The van der Waals surface area contributed by atoms with Gasteiger partial charge in [0.25, 0.3) is 5.91 Å². The quantitative estimate of drug-likeness (QED) is 0.830. The molecule has 0 unspecified atom stereocenters. The Morgan fingerprint density at radius 2 is 2.10 bits per heavy atom. The largest absolute Gasteiger partial charge is 0.494 e. The van der Waals surface area contributed by atoms with Crippen LogP contribution >= 0.6 is 15.9 Å². The Labute approximate surface area is 132 Å². The molecule has 0 fully saturated rings. The van der Waals surface area contributed by atoms with E-state index in [2.05, 4.69) is 20.9 Å². The highest BCUT2D eigenvalue weighted by Gasteiger charge is 2.14. The lowest BCUT2D eigenvalue weighted by Crippen LogP contribution is -2.26. The van der Waals surface area contributed by atoms with Crippen molar-refractivity contribution >= 4 is 21.8 Å². The molecule has 1 aromatic carbocycles. The van der Waals surface area contributed by atoms with E-state index in [4.69, 9.17) is 4.74 Å². The fourth-order valence-electron chi connectivity index (χ4n) is 2.01. The van der Waals surface area contributed by atoms with Crippen molar-refractivity contribution in [3.63, 3.8) is 0 Å². The van der Waals surface area contributed by atoms with E-state index in [0.29, 0.717) is 18.7 Å². The average molecular weight is 349 g/mol. The van der Waals surface area contributed by atoms with Crippen molar-refractivity contribution in [1.29, 1.82) is 0 Å². The SMILES string of the molecule is CCOc1ccccc1CN(C)C(=O)c1cncc(Br)c1. The van der Waals surface area contributed by atoms with Crippen molar-refractivity contribution in [2.75, 3.05) is 13.7 Å². The summed E-state index contributed by atoms with van der Waals surface area (Å²) < 4.78 is 6.37. The summed E-state index contributed by atoms with van der Waals surface area (Å²) in [6, 6.07) is 9.51. The number of nitrogens with zero attached hydrogens (tertiary/aromatic N) is 2. The lowest BCUT2D eigenvalue weighted by molar-refractivity contribution is 0.0783. The van der Waals surface area contributed by atoms with Crippen molar-refractivity contribution < 1.29 is 9.53 Å². The highest BCUT2D eigenvalue weighted by Crippen LogP contribution is 2.20. The maximum atomic E-state index is 12.4. The van der Waals surface area contributed by atoms with Gasteiger partial charge >= 0.3 is 0 Å². The number of carbonyl (C=O) groups excluding carboxylic acids is 1. The van der Waals surface area contributed by atoms with Gasteiger partial charge in [0.1, 0.15) is 5.75 Å². The van der Waals surface area contributed by atoms with Crippen LogP contribution in [0.5, 0.6) is 5.75 Å². The smallest absolute Gasteiger partial charge is 0.255 e. The van der Waals surface area contributed by atoms with Crippen molar-refractivity contribution in [2.24, 2.45) is 0 Å². The zero-order chi connectivity index (χ0) is 15.2. The predicted octanol–water partition coefficient (Wildman–Crippen LogP) is 3.52. The van der Waals surface area contributed by atoms with E-state index in [1.165, 1.54) is 0 Å². The Hall–Kier alpha value is -1.88. The van der Waals surface area contributed by atoms with Crippen LogP contribution in [0.25, 0.3) is 0 Å². The molecule has 2 aromatic rings. The fraction of sp³-hybridized carbons (Fsp3) is 0.250. The van der Waals surface area contributed by atoms with Crippen molar-refractivity contribution in [3.05, 3.63) is 58.3 Å². The summed E-state index contributed by atoms with van der Waals surface area (Å²) in [6.07, 6.45) is 3.22. The highest BCUT2D eigenvalue weighted by atomic mass is 79.9. The molecule has 110 valence electrons. The van der Waals surface area contributed by atoms with Gasteiger partial charge in [-0.3, -0.25) is 9.78 Å². The molecule has 4 nitrogen and oxygen atoms in total. The van der Waals surface area contributed by atoms with Gasteiger partial charge in [0.2, 0.25) is 0 Å². The molecule has 0 saturated heterocycles. The summed E-state index contributed by atoms with van der Waals surface area (Å²) in [5.74, 6) is 0.738. The zero-order valence-electron chi connectivity index (χ0n) is 12.0. The van der Waals surface area contributed by atoms with Crippen LogP contribution in [0.1, 0.15) is 22.8 Å². The Kier molecular flexibility index (Phi) is 5.33. The van der Waals surface area contributed by atoms with Crippen LogP contribution in [0.15, 0.2) is 47.2 Å². The first-order chi connectivity index (χ1) is 10.1. The van der Waals surface area contributed by atoms with Crippen molar-refractivity contribution in [2.45, 2.75) is 13.5 Å². The molecule has 0 spiro atoms. The molecule has 0 aliphatic heterocycles. The first-order valence-electron chi connectivity index (χ1n) is 6.68. The number of para-hydroxylation sites is 1. The molecule has 0 N–H and O–H groups in total. The molecule has 0 atom stereocenters. The van der Waals surface area contributed by atoms with E-state index < -0.39 is 0 Å². The molecule has 0 radical (unpaired) electrons. The van der Waals surface area contributed by atoms with Crippen LogP contribution in [-0.4, -0.2) is 29.4 Å². The Balaban J connectivity index is 2.14. The van der Waals surface area contributed by atoms with Crippen LogP contribution in [0.4, 0.5) is 0 Å². The third kappa shape index (κ3) is 4.04. The standard InChI is InChI=1S/C16H17BrN2O2/c1-3-21-15-7-5-4-6-12(15)11-19(2)16(20)13-8-14(17)10-18-9-13/h4-10H,3,11H2,1-2H3. The number of amides is 1. The highest BCUT2D eigenvalue weighted by molar-refractivity contribution is 9.10. The van der Waals surface area contributed by atoms with Crippen LogP contribution in [0, 0.1) is 0 Å². The lowest BCUT2D eigenvalue weighted by Gasteiger charge is -2.19. The second-order valence-electron chi connectivity index (χ2n) is 4.59. The van der Waals surface area contributed by atoms with E-state index >= 15 is 0 Å². The van der Waals surface area contributed by atoms with Crippen LogP contribution in [0.3, 0.4) is 0 Å². The van der Waals surface area contributed by atoms with E-state index in [9.17, 15) is 4.79 Å². The molecule has 2 rings (SSSR count). The molecule has 0 aliphatic rings. The number of halogens is 1. The van der Waals surface area contributed by atoms with Gasteiger partial charge in [-0.25, -0.2) is 0 Å². The molecular formula is C16H17BrN2O2. The molecule has 21 heavy (non-hydrogen) atoms. The molecular weight excluding hydrogens is 332 g/mol. The van der Waals surface area contributed by atoms with Gasteiger partial charge in [-0.15, -0.1) is 0 Å². The second kappa shape index (κ2) is 7.22. The summed E-state index contributed by atoms with van der Waals surface area (Å²) >= 11 is 3.33. The lowest BCUT2D eigenvalue weighted by atomic mass is 10.1. The van der Waals surface area contributed by atoms with Gasteiger partial charge in [-0.1, -0.05) is 18.2 Å². The Morgan fingerprint density at radius 1 is 1.33 bits per heavy atom. The van der Waals surface area contributed by atoms with E-state index in [1.54, 1.807) is 30.4 Å². The Morgan fingerprint density at radius 3 is 2.81 bits per heavy atom. The number of ether oxygens (including phenoxy) is 1. The number of rotatable bonds is 5. The van der Waals surface area contributed by atoms with Gasteiger partial charge in [0.05, 0.1) is 12.2 Å². The van der Waals surface area contributed by atoms with E-state index in [0.717, 1.165) is 15.8 Å². The van der Waals surface area contributed by atoms with E-state index in [-0.39, 0.29) is 5.91 Å². The molecule has 5 heteroatoms. The third-order valence-corrected chi connectivity index (χ3v) is 3.41. The summed E-state index contributed by atoms with van der Waals surface area (Å²) in [4.78, 5) is 18.1. The van der Waals surface area contributed by atoms with Crippen molar-refractivity contribution in [3.8, 4) is 5.75 Å². The average Bonchev–Trinajstić information content (AvgIpc) is 2.48. The summed E-state index contributed by atoms with van der Waals surface area (Å²) in [6.45, 7) is 3.03. The number of hydrogen-bond donors (Lipinski definition) is 0.